The van der Waals surface area contributed by atoms with E-state index in [1.54, 1.807) is 6.07 Å². The normalized spacial score (nSPS) is 21.4. The Kier molecular flexibility index (Phi) is 4.52. The number of carbonyl (C=O) groups excluding carboxylic acids is 1. The standard InChI is InChI=1S/C13H17N3O4/c14-8-9-3-1-6-12(9)20-13(17)15-10-4-2-5-11(7-10)16(18)19/h2,4-5,7,9,12H,1,3,6,8,14H2,(H,15,17). The number of nitrogens with zero attached hydrogens (tertiary/aromatic N) is 1. The quantitative estimate of drug-likeness (QED) is 0.649. The summed E-state index contributed by atoms with van der Waals surface area (Å²) in [5.74, 6) is 0.200. The highest BCUT2D eigenvalue weighted by atomic mass is 16.6. The van der Waals surface area contributed by atoms with Gasteiger partial charge < -0.3 is 10.5 Å². The summed E-state index contributed by atoms with van der Waals surface area (Å²) in [5.41, 5.74) is 5.88. The Labute approximate surface area is 116 Å². The van der Waals surface area contributed by atoms with Crippen molar-refractivity contribution in [2.45, 2.75) is 25.4 Å². The van der Waals surface area contributed by atoms with Crippen molar-refractivity contribution in [2.75, 3.05) is 11.9 Å². The highest BCUT2D eigenvalue weighted by molar-refractivity contribution is 5.85. The molecule has 7 heteroatoms. The van der Waals surface area contributed by atoms with Crippen LogP contribution in [0.4, 0.5) is 16.2 Å². The van der Waals surface area contributed by atoms with Gasteiger partial charge in [-0.3, -0.25) is 15.4 Å². The highest BCUT2D eigenvalue weighted by Crippen LogP contribution is 2.27. The number of nitro benzene ring substituents is 1. The molecule has 1 aromatic rings. The molecule has 0 heterocycles. The van der Waals surface area contributed by atoms with E-state index in [0.29, 0.717) is 12.2 Å². The molecular weight excluding hydrogens is 262 g/mol. The third-order valence-corrected chi connectivity index (χ3v) is 3.45. The Hall–Kier alpha value is -2.15. The lowest BCUT2D eigenvalue weighted by Gasteiger charge is -2.18. The van der Waals surface area contributed by atoms with Crippen LogP contribution in [0.5, 0.6) is 0 Å². The minimum Gasteiger partial charge on any atom is -0.446 e. The lowest BCUT2D eigenvalue weighted by molar-refractivity contribution is -0.384. The fourth-order valence-electron chi connectivity index (χ4n) is 2.41. The molecular formula is C13H17N3O4. The summed E-state index contributed by atoms with van der Waals surface area (Å²) in [6, 6.07) is 5.73. The molecule has 1 amide bonds. The first-order valence-electron chi connectivity index (χ1n) is 6.52. The van der Waals surface area contributed by atoms with Crippen LogP contribution >= 0.6 is 0 Å². The van der Waals surface area contributed by atoms with Crippen molar-refractivity contribution in [1.82, 2.24) is 0 Å². The van der Waals surface area contributed by atoms with E-state index in [0.717, 1.165) is 19.3 Å². The maximum atomic E-state index is 11.8. The summed E-state index contributed by atoms with van der Waals surface area (Å²) in [6.45, 7) is 0.495. The molecule has 0 radical (unpaired) electrons. The zero-order valence-corrected chi connectivity index (χ0v) is 11.0. The molecule has 0 spiro atoms. The molecule has 1 aliphatic rings. The fraction of sp³-hybridized carbons (Fsp3) is 0.462. The molecule has 0 saturated heterocycles. The second-order valence-electron chi connectivity index (χ2n) is 4.80. The van der Waals surface area contributed by atoms with Gasteiger partial charge in [-0.1, -0.05) is 6.07 Å². The summed E-state index contributed by atoms with van der Waals surface area (Å²) < 4.78 is 5.32. The van der Waals surface area contributed by atoms with Crippen molar-refractivity contribution in [1.29, 1.82) is 0 Å². The van der Waals surface area contributed by atoms with Crippen LogP contribution in [0.1, 0.15) is 19.3 Å². The molecule has 0 aromatic heterocycles. The lowest BCUT2D eigenvalue weighted by Crippen LogP contribution is -2.29. The van der Waals surface area contributed by atoms with Gasteiger partial charge in [0, 0.05) is 18.1 Å². The van der Waals surface area contributed by atoms with Crippen LogP contribution in [0.25, 0.3) is 0 Å². The average Bonchev–Trinajstić information content (AvgIpc) is 2.86. The van der Waals surface area contributed by atoms with Gasteiger partial charge >= 0.3 is 6.09 Å². The van der Waals surface area contributed by atoms with Crippen molar-refractivity contribution in [3.05, 3.63) is 34.4 Å². The molecule has 0 aliphatic heterocycles. The van der Waals surface area contributed by atoms with Crippen LogP contribution in [0.2, 0.25) is 0 Å². The van der Waals surface area contributed by atoms with Gasteiger partial charge in [0.15, 0.2) is 0 Å². The van der Waals surface area contributed by atoms with Crippen molar-refractivity contribution >= 4 is 17.5 Å². The van der Waals surface area contributed by atoms with E-state index in [4.69, 9.17) is 10.5 Å². The number of anilines is 1. The summed E-state index contributed by atoms with van der Waals surface area (Å²) in [4.78, 5) is 21.9. The summed E-state index contributed by atoms with van der Waals surface area (Å²) in [7, 11) is 0. The van der Waals surface area contributed by atoms with E-state index < -0.39 is 11.0 Å². The van der Waals surface area contributed by atoms with Crippen molar-refractivity contribution < 1.29 is 14.5 Å². The smallest absolute Gasteiger partial charge is 0.411 e. The molecule has 1 saturated carbocycles. The first kappa shape index (κ1) is 14.3. The Morgan fingerprint density at radius 1 is 1.50 bits per heavy atom. The number of ether oxygens (including phenoxy) is 1. The molecule has 1 aliphatic carbocycles. The monoisotopic (exact) mass is 279 g/mol. The number of rotatable bonds is 4. The maximum Gasteiger partial charge on any atom is 0.411 e. The Bertz CT molecular complexity index is 506. The van der Waals surface area contributed by atoms with Gasteiger partial charge in [-0.25, -0.2) is 4.79 Å². The SMILES string of the molecule is NCC1CCCC1OC(=O)Nc1cccc([N+](=O)[O-])c1. The van der Waals surface area contributed by atoms with E-state index in [1.165, 1.54) is 18.2 Å². The Morgan fingerprint density at radius 3 is 3.00 bits per heavy atom. The number of nitrogens with two attached hydrogens (primary N) is 1. The number of nitrogens with one attached hydrogen (secondary N) is 1. The predicted molar refractivity (Wildman–Crippen MR) is 73.4 cm³/mol. The number of nitro groups is 1. The number of non-ortho nitro benzene ring substituents is 1. The molecule has 20 heavy (non-hydrogen) atoms. The highest BCUT2D eigenvalue weighted by Gasteiger charge is 2.29. The first-order valence-corrected chi connectivity index (χ1v) is 6.52. The third kappa shape index (κ3) is 3.45. The van der Waals surface area contributed by atoms with E-state index in [9.17, 15) is 14.9 Å². The second kappa shape index (κ2) is 6.33. The molecule has 7 nitrogen and oxygen atoms in total. The van der Waals surface area contributed by atoms with Gasteiger partial charge in [0.1, 0.15) is 6.10 Å². The number of hydrogen-bond acceptors (Lipinski definition) is 5. The van der Waals surface area contributed by atoms with Gasteiger partial charge in [-0.15, -0.1) is 0 Å². The summed E-state index contributed by atoms with van der Waals surface area (Å²) in [5, 5.41) is 13.1. The van der Waals surface area contributed by atoms with Crippen LogP contribution in [0, 0.1) is 16.0 Å². The topological polar surface area (TPSA) is 107 Å². The number of carbonyl (C=O) groups is 1. The van der Waals surface area contributed by atoms with Crippen LogP contribution in [-0.2, 0) is 4.74 Å². The minimum atomic E-state index is -0.601. The van der Waals surface area contributed by atoms with Crippen LogP contribution in [0.3, 0.4) is 0 Å². The third-order valence-electron chi connectivity index (χ3n) is 3.45. The second-order valence-corrected chi connectivity index (χ2v) is 4.80. The molecule has 1 fully saturated rings. The predicted octanol–water partition coefficient (Wildman–Crippen LogP) is 2.27. The molecule has 0 bridgehead atoms. The van der Waals surface area contributed by atoms with Gasteiger partial charge in [-0.05, 0) is 31.9 Å². The fourth-order valence-corrected chi connectivity index (χ4v) is 2.41. The summed E-state index contributed by atoms with van der Waals surface area (Å²) in [6.07, 6.45) is 2.00. The van der Waals surface area contributed by atoms with Crippen LogP contribution in [-0.4, -0.2) is 23.7 Å². The van der Waals surface area contributed by atoms with Crippen molar-refractivity contribution in [3.8, 4) is 0 Å². The molecule has 2 atom stereocenters. The molecule has 108 valence electrons. The maximum absolute atomic E-state index is 11.8. The van der Waals surface area contributed by atoms with E-state index in [-0.39, 0.29) is 17.7 Å². The van der Waals surface area contributed by atoms with E-state index >= 15 is 0 Å². The van der Waals surface area contributed by atoms with Gasteiger partial charge in [0.25, 0.3) is 5.69 Å². The van der Waals surface area contributed by atoms with E-state index in [1.807, 2.05) is 0 Å². The molecule has 3 N–H and O–H groups in total. The largest absolute Gasteiger partial charge is 0.446 e. The Morgan fingerprint density at radius 2 is 2.30 bits per heavy atom. The van der Waals surface area contributed by atoms with Gasteiger partial charge in [0.2, 0.25) is 0 Å². The first-order chi connectivity index (χ1) is 9.60. The van der Waals surface area contributed by atoms with E-state index in [2.05, 4.69) is 5.32 Å². The number of benzene rings is 1. The minimum absolute atomic E-state index is 0.0801. The number of hydrogen-bond donors (Lipinski definition) is 2. The molecule has 1 aromatic carbocycles. The Balaban J connectivity index is 1.94. The molecule has 2 unspecified atom stereocenters. The average molecular weight is 279 g/mol. The zero-order valence-electron chi connectivity index (χ0n) is 11.0. The van der Waals surface area contributed by atoms with Crippen molar-refractivity contribution in [2.24, 2.45) is 11.7 Å². The zero-order chi connectivity index (χ0) is 14.5. The molecule has 2 rings (SSSR count). The van der Waals surface area contributed by atoms with Gasteiger partial charge in [0.05, 0.1) is 10.6 Å². The van der Waals surface area contributed by atoms with Crippen LogP contribution in [0.15, 0.2) is 24.3 Å². The lowest BCUT2D eigenvalue weighted by atomic mass is 10.1. The van der Waals surface area contributed by atoms with Crippen molar-refractivity contribution in [3.63, 3.8) is 0 Å². The van der Waals surface area contributed by atoms with Gasteiger partial charge in [-0.2, -0.15) is 0 Å². The number of amides is 1. The summed E-state index contributed by atoms with van der Waals surface area (Å²) >= 11 is 0. The van der Waals surface area contributed by atoms with Crippen LogP contribution < -0.4 is 11.1 Å².